The molecule has 9 heteroatoms. The molecule has 0 fully saturated rings. The van der Waals surface area contributed by atoms with Crippen molar-refractivity contribution in [2.24, 2.45) is 4.99 Å². The van der Waals surface area contributed by atoms with Crippen molar-refractivity contribution >= 4 is 39.8 Å². The number of halogens is 3. The standard InChI is InChI=1S/C19H23F2N3O2S.HI/c1-2-22-19(23-11-10-15-6-5-7-16(20)14-15)24-12-13-27(25,26)18-9-4-3-8-17(18)21;/h3-9,14H,2,10-13H2,1H3,(H2,22,23,24);1H. The molecule has 0 radical (unpaired) electrons. The van der Waals surface area contributed by atoms with Crippen LogP contribution in [-0.4, -0.2) is 39.8 Å². The van der Waals surface area contributed by atoms with Crippen LogP contribution in [0.4, 0.5) is 8.78 Å². The van der Waals surface area contributed by atoms with Crippen LogP contribution in [-0.2, 0) is 16.3 Å². The Morgan fingerprint density at radius 3 is 2.50 bits per heavy atom. The fraction of sp³-hybridized carbons (Fsp3) is 0.316. The lowest BCUT2D eigenvalue weighted by Crippen LogP contribution is -2.38. The largest absolute Gasteiger partial charge is 0.357 e. The van der Waals surface area contributed by atoms with E-state index in [1.54, 1.807) is 6.07 Å². The molecule has 2 aromatic carbocycles. The van der Waals surface area contributed by atoms with Gasteiger partial charge in [-0.15, -0.1) is 24.0 Å². The van der Waals surface area contributed by atoms with Gasteiger partial charge in [-0.1, -0.05) is 24.3 Å². The quantitative estimate of drug-likeness (QED) is 0.317. The Kier molecular flexibility index (Phi) is 10.4. The summed E-state index contributed by atoms with van der Waals surface area (Å²) in [5, 5.41) is 6.09. The number of nitrogens with one attached hydrogen (secondary N) is 2. The number of hydrogen-bond donors (Lipinski definition) is 2. The Morgan fingerprint density at radius 2 is 1.82 bits per heavy atom. The molecule has 0 bridgehead atoms. The van der Waals surface area contributed by atoms with Gasteiger partial charge in [-0.2, -0.15) is 0 Å². The molecular formula is C19H24F2IN3O2S. The molecule has 0 heterocycles. The number of nitrogens with zero attached hydrogens (tertiary/aromatic N) is 1. The predicted molar refractivity (Wildman–Crippen MR) is 118 cm³/mol. The smallest absolute Gasteiger partial charge is 0.191 e. The zero-order valence-electron chi connectivity index (χ0n) is 15.5. The third-order valence-electron chi connectivity index (χ3n) is 3.74. The summed E-state index contributed by atoms with van der Waals surface area (Å²) in [5.41, 5.74) is 0.848. The van der Waals surface area contributed by atoms with Crippen LogP contribution >= 0.6 is 24.0 Å². The summed E-state index contributed by atoms with van der Waals surface area (Å²) in [4.78, 5) is 3.91. The van der Waals surface area contributed by atoms with Gasteiger partial charge in [-0.25, -0.2) is 17.2 Å². The summed E-state index contributed by atoms with van der Waals surface area (Å²) in [6.07, 6.45) is 0.593. The van der Waals surface area contributed by atoms with Gasteiger partial charge in [0.25, 0.3) is 0 Å². The van der Waals surface area contributed by atoms with E-state index in [1.807, 2.05) is 13.0 Å². The summed E-state index contributed by atoms with van der Waals surface area (Å²) < 4.78 is 51.3. The number of rotatable bonds is 8. The van der Waals surface area contributed by atoms with Crippen molar-refractivity contribution in [3.8, 4) is 0 Å². The molecule has 0 aromatic heterocycles. The first-order chi connectivity index (χ1) is 12.9. The fourth-order valence-electron chi connectivity index (χ4n) is 2.44. The highest BCUT2D eigenvalue weighted by Gasteiger charge is 2.18. The molecule has 154 valence electrons. The van der Waals surface area contributed by atoms with E-state index < -0.39 is 15.7 Å². The lowest BCUT2D eigenvalue weighted by atomic mass is 10.1. The first-order valence-corrected chi connectivity index (χ1v) is 10.3. The average molecular weight is 523 g/mol. The molecule has 0 aliphatic heterocycles. The van der Waals surface area contributed by atoms with Crippen LogP contribution in [0, 0.1) is 11.6 Å². The SMILES string of the molecule is CCNC(=NCCS(=O)(=O)c1ccccc1F)NCCc1cccc(F)c1.I. The van der Waals surface area contributed by atoms with Crippen molar-refractivity contribution in [1.29, 1.82) is 0 Å². The minimum atomic E-state index is -3.75. The van der Waals surface area contributed by atoms with Gasteiger partial charge in [-0.3, -0.25) is 4.99 Å². The van der Waals surface area contributed by atoms with Crippen LogP contribution in [0.15, 0.2) is 58.4 Å². The second-order valence-electron chi connectivity index (χ2n) is 5.82. The Morgan fingerprint density at radius 1 is 1.07 bits per heavy atom. The first-order valence-electron chi connectivity index (χ1n) is 8.66. The van der Waals surface area contributed by atoms with E-state index in [1.165, 1.54) is 30.3 Å². The van der Waals surface area contributed by atoms with E-state index >= 15 is 0 Å². The van der Waals surface area contributed by atoms with Crippen LogP contribution in [0.5, 0.6) is 0 Å². The summed E-state index contributed by atoms with van der Waals surface area (Å²) in [6.45, 7) is 2.99. The maximum atomic E-state index is 13.7. The summed E-state index contributed by atoms with van der Waals surface area (Å²) in [5.74, 6) is -0.889. The molecule has 2 N–H and O–H groups in total. The van der Waals surface area contributed by atoms with E-state index in [0.717, 1.165) is 11.6 Å². The highest BCUT2D eigenvalue weighted by atomic mass is 127. The average Bonchev–Trinajstić information content (AvgIpc) is 2.62. The first kappa shape index (κ1) is 24.3. The van der Waals surface area contributed by atoms with Crippen molar-refractivity contribution in [3.63, 3.8) is 0 Å². The maximum Gasteiger partial charge on any atom is 0.191 e. The molecule has 0 spiro atoms. The zero-order valence-corrected chi connectivity index (χ0v) is 18.6. The van der Waals surface area contributed by atoms with Crippen LogP contribution < -0.4 is 10.6 Å². The molecule has 0 aliphatic rings. The molecule has 0 aliphatic carbocycles. The fourth-order valence-corrected chi connectivity index (χ4v) is 3.65. The maximum absolute atomic E-state index is 13.7. The lowest BCUT2D eigenvalue weighted by molar-refractivity contribution is 0.567. The van der Waals surface area contributed by atoms with Crippen LogP contribution in [0.3, 0.4) is 0 Å². The lowest BCUT2D eigenvalue weighted by Gasteiger charge is -2.11. The van der Waals surface area contributed by atoms with E-state index in [2.05, 4.69) is 15.6 Å². The zero-order chi connectivity index (χ0) is 19.7. The second-order valence-corrected chi connectivity index (χ2v) is 7.89. The Bertz CT molecular complexity index is 892. The van der Waals surface area contributed by atoms with Gasteiger partial charge in [0.15, 0.2) is 15.8 Å². The van der Waals surface area contributed by atoms with Crippen LogP contribution in [0.25, 0.3) is 0 Å². The van der Waals surface area contributed by atoms with Crippen molar-refractivity contribution in [2.45, 2.75) is 18.2 Å². The van der Waals surface area contributed by atoms with Gasteiger partial charge in [0.1, 0.15) is 16.5 Å². The normalized spacial score (nSPS) is 11.6. The molecule has 0 saturated heterocycles. The van der Waals surface area contributed by atoms with Crippen molar-refractivity contribution in [3.05, 3.63) is 65.7 Å². The number of benzene rings is 2. The van der Waals surface area contributed by atoms with Crippen molar-refractivity contribution < 1.29 is 17.2 Å². The van der Waals surface area contributed by atoms with Gasteiger partial charge in [0, 0.05) is 13.1 Å². The number of sulfone groups is 1. The second kappa shape index (κ2) is 11.9. The van der Waals surface area contributed by atoms with E-state index in [4.69, 9.17) is 0 Å². The van der Waals surface area contributed by atoms with E-state index in [9.17, 15) is 17.2 Å². The third-order valence-corrected chi connectivity index (χ3v) is 5.46. The van der Waals surface area contributed by atoms with Crippen molar-refractivity contribution in [1.82, 2.24) is 10.6 Å². The van der Waals surface area contributed by atoms with Gasteiger partial charge < -0.3 is 10.6 Å². The molecule has 28 heavy (non-hydrogen) atoms. The van der Waals surface area contributed by atoms with Crippen LogP contribution in [0.1, 0.15) is 12.5 Å². The Hall–Kier alpha value is -1.75. The highest BCUT2D eigenvalue weighted by Crippen LogP contribution is 2.15. The summed E-state index contributed by atoms with van der Waals surface area (Å²) in [6, 6.07) is 11.6. The summed E-state index contributed by atoms with van der Waals surface area (Å²) >= 11 is 0. The topological polar surface area (TPSA) is 70.6 Å². The molecule has 0 saturated carbocycles. The monoisotopic (exact) mass is 523 g/mol. The van der Waals surface area contributed by atoms with Gasteiger partial charge in [-0.05, 0) is 43.2 Å². The predicted octanol–water partition coefficient (Wildman–Crippen LogP) is 3.15. The number of hydrogen-bond acceptors (Lipinski definition) is 3. The molecular weight excluding hydrogens is 499 g/mol. The van der Waals surface area contributed by atoms with E-state index in [0.29, 0.717) is 25.5 Å². The number of aliphatic imine (C=N–C) groups is 1. The van der Waals surface area contributed by atoms with Gasteiger partial charge in [0.2, 0.25) is 0 Å². The highest BCUT2D eigenvalue weighted by molar-refractivity contribution is 14.0. The third kappa shape index (κ3) is 7.70. The Balaban J connectivity index is 0.00000392. The molecule has 0 atom stereocenters. The Labute approximate surface area is 181 Å². The van der Waals surface area contributed by atoms with E-state index in [-0.39, 0.29) is 47.0 Å². The molecule has 2 rings (SSSR count). The molecule has 2 aromatic rings. The van der Waals surface area contributed by atoms with Gasteiger partial charge in [0.05, 0.1) is 12.3 Å². The summed E-state index contributed by atoms with van der Waals surface area (Å²) in [7, 11) is -3.75. The van der Waals surface area contributed by atoms with Crippen molar-refractivity contribution in [2.75, 3.05) is 25.4 Å². The number of guanidine groups is 1. The molecule has 0 unspecified atom stereocenters. The van der Waals surface area contributed by atoms with Crippen LogP contribution in [0.2, 0.25) is 0 Å². The molecule has 0 amide bonds. The minimum Gasteiger partial charge on any atom is -0.357 e. The minimum absolute atomic E-state index is 0. The molecule has 5 nitrogen and oxygen atoms in total. The van der Waals surface area contributed by atoms with Gasteiger partial charge >= 0.3 is 0 Å².